The lowest BCUT2D eigenvalue weighted by atomic mass is 10.0. The molecule has 2 aromatic rings. The molecule has 2 aliphatic heterocycles. The molecule has 13 heteroatoms. The van der Waals surface area contributed by atoms with Gasteiger partial charge in [0.1, 0.15) is 6.04 Å². The van der Waals surface area contributed by atoms with Crippen molar-refractivity contribution in [3.05, 3.63) is 84.1 Å². The summed E-state index contributed by atoms with van der Waals surface area (Å²) in [5.41, 5.74) is 2.91. The minimum absolute atomic E-state index is 0.00151. The first-order valence-corrected chi connectivity index (χ1v) is 22.8. The van der Waals surface area contributed by atoms with Crippen molar-refractivity contribution < 1.29 is 24.0 Å². The molecule has 6 N–H and O–H groups in total. The monoisotopic (exact) mass is 845 g/mol. The molecule has 2 aliphatic rings. The first-order chi connectivity index (χ1) is 29.4. The number of nitrogens with one attached hydrogen (secondary N) is 6. The summed E-state index contributed by atoms with van der Waals surface area (Å²) in [6.45, 7) is 15.7. The third kappa shape index (κ3) is 16.6. The fourth-order valence-electron chi connectivity index (χ4n) is 8.31. The van der Waals surface area contributed by atoms with E-state index in [2.05, 4.69) is 43.4 Å². The summed E-state index contributed by atoms with van der Waals surface area (Å²) in [5.74, 6) is -0.590. The Labute approximate surface area is 366 Å². The predicted molar refractivity (Wildman–Crippen MR) is 244 cm³/mol. The maximum absolute atomic E-state index is 14.0. The van der Waals surface area contributed by atoms with Gasteiger partial charge in [0.25, 0.3) is 0 Å². The molecule has 61 heavy (non-hydrogen) atoms. The molecular formula is C48H76N8O5. The molecule has 4 rings (SSSR count). The molecular weight excluding hydrogens is 769 g/mol. The van der Waals surface area contributed by atoms with Crippen molar-refractivity contribution in [1.82, 2.24) is 41.7 Å². The first-order valence-electron chi connectivity index (χ1n) is 22.8. The Bertz CT molecular complexity index is 1660. The third-order valence-corrected chi connectivity index (χ3v) is 11.9. The largest absolute Gasteiger partial charge is 0.370 e. The summed E-state index contributed by atoms with van der Waals surface area (Å²) < 4.78 is 0. The molecule has 2 fully saturated rings. The van der Waals surface area contributed by atoms with Crippen LogP contribution in [0.5, 0.6) is 0 Å². The van der Waals surface area contributed by atoms with Crippen LogP contribution in [0.4, 0.5) is 0 Å². The van der Waals surface area contributed by atoms with Crippen molar-refractivity contribution in [2.24, 2.45) is 0 Å². The van der Waals surface area contributed by atoms with Gasteiger partial charge < -0.3 is 41.7 Å². The van der Waals surface area contributed by atoms with Gasteiger partial charge in [-0.05, 0) is 84.5 Å². The van der Waals surface area contributed by atoms with Crippen molar-refractivity contribution >= 4 is 29.5 Å². The zero-order valence-electron chi connectivity index (χ0n) is 38.1. The summed E-state index contributed by atoms with van der Waals surface area (Å²) >= 11 is 0. The van der Waals surface area contributed by atoms with Gasteiger partial charge in [0.15, 0.2) is 0 Å². The van der Waals surface area contributed by atoms with Crippen LogP contribution in [0.2, 0.25) is 0 Å². The number of unbranched alkanes of at least 4 members (excludes halogenated alkanes) is 3. The van der Waals surface area contributed by atoms with Crippen LogP contribution < -0.4 is 31.9 Å². The molecule has 2 heterocycles. The Kier molecular flexibility index (Phi) is 22.6. The van der Waals surface area contributed by atoms with Crippen LogP contribution in [0.25, 0.3) is 0 Å². The number of rotatable bonds is 24. The van der Waals surface area contributed by atoms with Crippen LogP contribution >= 0.6 is 0 Å². The SMILES string of the molecule is C=C(C(CCCCCCC(NC(=O)CNC)C(=O)N1CCCC1CC(=O)NC(C)c1ccccc1)NC(=O)[C@H](C)NC)N1CCCC1CC(=O)NC(C)c1ccccc1.CC. The second-order valence-corrected chi connectivity index (χ2v) is 16.3. The maximum atomic E-state index is 14.0. The Morgan fingerprint density at radius 1 is 0.639 bits per heavy atom. The molecule has 2 saturated heterocycles. The van der Waals surface area contributed by atoms with Gasteiger partial charge in [0.05, 0.1) is 30.7 Å². The Morgan fingerprint density at radius 3 is 1.61 bits per heavy atom. The highest BCUT2D eigenvalue weighted by Crippen LogP contribution is 2.28. The summed E-state index contributed by atoms with van der Waals surface area (Å²) in [4.78, 5) is 70.1. The quantitative estimate of drug-likeness (QED) is 0.0739. The topological polar surface area (TPSA) is 164 Å². The average molecular weight is 845 g/mol. The van der Waals surface area contributed by atoms with Crippen molar-refractivity contribution in [2.75, 3.05) is 33.7 Å². The molecule has 5 amide bonds. The molecule has 13 nitrogen and oxygen atoms in total. The van der Waals surface area contributed by atoms with Crippen molar-refractivity contribution in [1.29, 1.82) is 0 Å². The lowest BCUT2D eigenvalue weighted by Crippen LogP contribution is -2.52. The number of nitrogens with zero attached hydrogens (tertiary/aromatic N) is 2. The summed E-state index contributed by atoms with van der Waals surface area (Å²) in [6.07, 6.45) is 8.36. The Balaban J connectivity index is 0.00000489. The van der Waals surface area contributed by atoms with Gasteiger partial charge >= 0.3 is 0 Å². The fourth-order valence-corrected chi connectivity index (χ4v) is 8.31. The second-order valence-electron chi connectivity index (χ2n) is 16.3. The molecule has 0 bridgehead atoms. The minimum atomic E-state index is -0.683. The number of likely N-dealkylation sites (tertiary alicyclic amines) is 2. The lowest BCUT2D eigenvalue weighted by molar-refractivity contribution is -0.138. The summed E-state index contributed by atoms with van der Waals surface area (Å²) in [6, 6.07) is 17.9. The molecule has 0 spiro atoms. The van der Waals surface area contributed by atoms with Crippen LogP contribution in [0.3, 0.4) is 0 Å². The number of hydrogen-bond acceptors (Lipinski definition) is 8. The summed E-state index contributed by atoms with van der Waals surface area (Å²) in [7, 11) is 3.45. The number of benzene rings is 2. The molecule has 0 aromatic heterocycles. The van der Waals surface area contributed by atoms with E-state index in [1.807, 2.05) is 95.3 Å². The van der Waals surface area contributed by atoms with Gasteiger partial charge in [-0.3, -0.25) is 24.0 Å². The van der Waals surface area contributed by atoms with Crippen LogP contribution in [0.15, 0.2) is 72.9 Å². The normalized spacial score (nSPS) is 18.4. The van der Waals surface area contributed by atoms with Crippen LogP contribution in [0, 0.1) is 0 Å². The number of carbonyl (C=O) groups excluding carboxylic acids is 5. The van der Waals surface area contributed by atoms with E-state index in [-0.39, 0.29) is 78.8 Å². The van der Waals surface area contributed by atoms with Gasteiger partial charge in [-0.2, -0.15) is 0 Å². The number of carbonyl (C=O) groups is 5. The molecule has 2 aromatic carbocycles. The molecule has 0 saturated carbocycles. The van der Waals surface area contributed by atoms with E-state index >= 15 is 0 Å². The van der Waals surface area contributed by atoms with E-state index in [0.29, 0.717) is 25.8 Å². The lowest BCUT2D eigenvalue weighted by Gasteiger charge is -2.34. The van der Waals surface area contributed by atoms with E-state index in [4.69, 9.17) is 0 Å². The van der Waals surface area contributed by atoms with Crippen molar-refractivity contribution in [2.45, 2.75) is 154 Å². The molecule has 6 unspecified atom stereocenters. The third-order valence-electron chi connectivity index (χ3n) is 11.9. The zero-order chi connectivity index (χ0) is 44.7. The molecule has 338 valence electrons. The molecule has 7 atom stereocenters. The number of amides is 5. The van der Waals surface area contributed by atoms with Crippen LogP contribution in [-0.2, 0) is 24.0 Å². The highest BCUT2D eigenvalue weighted by Gasteiger charge is 2.35. The van der Waals surface area contributed by atoms with Gasteiger partial charge in [-0.25, -0.2) is 0 Å². The molecule has 0 radical (unpaired) electrons. The predicted octanol–water partition coefficient (Wildman–Crippen LogP) is 5.65. The van der Waals surface area contributed by atoms with Crippen molar-refractivity contribution in [3.8, 4) is 0 Å². The Hall–Kier alpha value is -4.75. The van der Waals surface area contributed by atoms with Crippen LogP contribution in [-0.4, -0.2) is 103 Å². The smallest absolute Gasteiger partial charge is 0.245 e. The van der Waals surface area contributed by atoms with E-state index in [9.17, 15) is 24.0 Å². The van der Waals surface area contributed by atoms with Crippen LogP contribution in [0.1, 0.15) is 135 Å². The zero-order valence-corrected chi connectivity index (χ0v) is 38.1. The highest BCUT2D eigenvalue weighted by atomic mass is 16.2. The second kappa shape index (κ2) is 27.2. The molecule has 0 aliphatic carbocycles. The van der Waals surface area contributed by atoms with E-state index in [1.54, 1.807) is 19.0 Å². The van der Waals surface area contributed by atoms with E-state index < -0.39 is 6.04 Å². The number of likely N-dealkylation sites (N-methyl/N-ethyl adjacent to an activating group) is 2. The van der Waals surface area contributed by atoms with E-state index in [0.717, 1.165) is 74.7 Å². The van der Waals surface area contributed by atoms with E-state index in [1.165, 1.54) is 0 Å². The first kappa shape index (κ1) is 50.6. The highest BCUT2D eigenvalue weighted by molar-refractivity contribution is 5.89. The van der Waals surface area contributed by atoms with Gasteiger partial charge in [0.2, 0.25) is 29.5 Å². The maximum Gasteiger partial charge on any atom is 0.245 e. The fraction of sp³-hybridized carbons (Fsp3) is 0.604. The van der Waals surface area contributed by atoms with Gasteiger partial charge in [-0.15, -0.1) is 0 Å². The van der Waals surface area contributed by atoms with Crippen molar-refractivity contribution in [3.63, 3.8) is 0 Å². The standard InChI is InChI=1S/C46H70N8O5.C2H6/c1-32(36-19-11-9-12-20-36)49-42(55)29-38-23-17-27-53(38)35(4)40(52-45(58)34(3)48-6)25-15-7-8-16-26-41(51-44(57)31-47-5)46(59)54-28-18-24-39(54)30-43(56)50-33(2)37-21-13-10-14-22-37;1-2/h9-14,19-22,32-34,38-41,47-48H,4,7-8,15-18,23-31H2,1-3,5-6H3,(H,49,55)(H,50,56)(H,51,57)(H,52,58);1-2H3/t32?,33?,34-,38?,39?,40?,41?;/m0./s1. The van der Waals surface area contributed by atoms with Gasteiger partial charge in [0, 0.05) is 43.7 Å². The minimum Gasteiger partial charge on any atom is -0.370 e. The van der Waals surface area contributed by atoms with Gasteiger partial charge in [-0.1, -0.05) is 107 Å². The number of hydrogen-bond donors (Lipinski definition) is 6. The average Bonchev–Trinajstić information content (AvgIpc) is 3.93. The Morgan fingerprint density at radius 2 is 1.11 bits per heavy atom. The summed E-state index contributed by atoms with van der Waals surface area (Å²) in [5, 5.41) is 18.3.